The average molecular weight is 266 g/mol. The summed E-state index contributed by atoms with van der Waals surface area (Å²) in [6, 6.07) is 4.16. The van der Waals surface area contributed by atoms with E-state index in [4.69, 9.17) is 11.6 Å². The van der Waals surface area contributed by atoms with Crippen LogP contribution < -0.4 is 0 Å². The number of hydrogen-bond acceptors (Lipinski definition) is 1. The Kier molecular flexibility index (Phi) is 2.26. The van der Waals surface area contributed by atoms with Crippen LogP contribution in [0.5, 0.6) is 0 Å². The lowest BCUT2D eigenvalue weighted by Gasteiger charge is -2.05. The summed E-state index contributed by atoms with van der Waals surface area (Å²) < 4.78 is 0.909. The van der Waals surface area contributed by atoms with E-state index in [2.05, 4.69) is 28.9 Å². The zero-order chi connectivity index (χ0) is 8.77. The van der Waals surface area contributed by atoms with Crippen molar-refractivity contribution in [3.63, 3.8) is 0 Å². The third-order valence-electron chi connectivity index (χ3n) is 2.73. The summed E-state index contributed by atoms with van der Waals surface area (Å²) in [6.07, 6.45) is 1.30. The standard InChI is InChI=1S/C9H10BrClS/c1-9(4-6(9)5-10)7-2-3-8(11)12-7/h2-3,6H,4-5H2,1H3. The van der Waals surface area contributed by atoms with E-state index < -0.39 is 0 Å². The minimum absolute atomic E-state index is 0.418. The molecule has 2 unspecified atom stereocenters. The molecule has 0 bridgehead atoms. The van der Waals surface area contributed by atoms with Gasteiger partial charge in [-0.1, -0.05) is 34.5 Å². The summed E-state index contributed by atoms with van der Waals surface area (Å²) in [5.74, 6) is 0.812. The van der Waals surface area contributed by atoms with Crippen LogP contribution in [-0.2, 0) is 5.41 Å². The van der Waals surface area contributed by atoms with Crippen LogP contribution in [0.25, 0.3) is 0 Å². The van der Waals surface area contributed by atoms with Gasteiger partial charge in [-0.2, -0.15) is 0 Å². The highest BCUT2D eigenvalue weighted by Crippen LogP contribution is 2.56. The van der Waals surface area contributed by atoms with Crippen molar-refractivity contribution in [2.24, 2.45) is 5.92 Å². The Morgan fingerprint density at radius 2 is 2.50 bits per heavy atom. The van der Waals surface area contributed by atoms with E-state index in [1.807, 2.05) is 6.07 Å². The van der Waals surface area contributed by atoms with Crippen LogP contribution in [0.1, 0.15) is 18.2 Å². The average Bonchev–Trinajstić information content (AvgIpc) is 2.50. The van der Waals surface area contributed by atoms with Crippen LogP contribution in [0, 0.1) is 5.92 Å². The molecular weight excluding hydrogens is 256 g/mol. The monoisotopic (exact) mass is 264 g/mol. The smallest absolute Gasteiger partial charge is 0.0931 e. The fourth-order valence-electron chi connectivity index (χ4n) is 1.60. The Labute approximate surface area is 90.1 Å². The number of alkyl halides is 1. The SMILES string of the molecule is CC1(c2ccc(Cl)s2)CC1CBr. The predicted molar refractivity (Wildman–Crippen MR) is 58.6 cm³/mol. The van der Waals surface area contributed by atoms with E-state index >= 15 is 0 Å². The van der Waals surface area contributed by atoms with Gasteiger partial charge in [0.1, 0.15) is 0 Å². The maximum atomic E-state index is 5.89. The van der Waals surface area contributed by atoms with Crippen LogP contribution in [-0.4, -0.2) is 5.33 Å². The van der Waals surface area contributed by atoms with Crippen LogP contribution in [0.3, 0.4) is 0 Å². The molecule has 0 nitrogen and oxygen atoms in total. The molecule has 0 radical (unpaired) electrons. The lowest BCUT2D eigenvalue weighted by molar-refractivity contribution is 0.726. The van der Waals surface area contributed by atoms with E-state index in [-0.39, 0.29) is 0 Å². The van der Waals surface area contributed by atoms with Gasteiger partial charge in [-0.3, -0.25) is 0 Å². The first-order valence-electron chi connectivity index (χ1n) is 3.98. The molecule has 1 heterocycles. The molecule has 1 fully saturated rings. The van der Waals surface area contributed by atoms with Gasteiger partial charge in [0, 0.05) is 15.6 Å². The second-order valence-electron chi connectivity index (χ2n) is 3.58. The Hall–Kier alpha value is 0.470. The number of halogens is 2. The van der Waals surface area contributed by atoms with Crippen molar-refractivity contribution in [2.75, 3.05) is 5.33 Å². The van der Waals surface area contributed by atoms with Crippen molar-refractivity contribution in [3.8, 4) is 0 Å². The summed E-state index contributed by atoms with van der Waals surface area (Å²) in [5.41, 5.74) is 0.418. The molecule has 1 aromatic rings. The van der Waals surface area contributed by atoms with Crippen molar-refractivity contribution in [3.05, 3.63) is 21.3 Å². The van der Waals surface area contributed by atoms with E-state index in [9.17, 15) is 0 Å². The molecule has 0 amide bonds. The third kappa shape index (κ3) is 1.34. The maximum Gasteiger partial charge on any atom is 0.0931 e. The Morgan fingerprint density at radius 3 is 2.92 bits per heavy atom. The first-order valence-corrected chi connectivity index (χ1v) is 6.30. The third-order valence-corrected chi connectivity index (χ3v) is 5.03. The lowest BCUT2D eigenvalue weighted by atomic mass is 10.1. The Balaban J connectivity index is 2.22. The van der Waals surface area contributed by atoms with Crippen molar-refractivity contribution in [1.82, 2.24) is 0 Å². The summed E-state index contributed by atoms with van der Waals surface area (Å²) in [7, 11) is 0. The fraction of sp³-hybridized carbons (Fsp3) is 0.556. The molecule has 1 saturated carbocycles. The van der Waals surface area contributed by atoms with Gasteiger partial charge in [-0.05, 0) is 24.5 Å². The van der Waals surface area contributed by atoms with Crippen LogP contribution in [0.15, 0.2) is 12.1 Å². The molecule has 0 aliphatic heterocycles. The summed E-state index contributed by atoms with van der Waals surface area (Å²) in [4.78, 5) is 1.44. The maximum absolute atomic E-state index is 5.89. The fourth-order valence-corrected chi connectivity index (χ4v) is 3.82. The molecule has 0 N–H and O–H groups in total. The van der Waals surface area contributed by atoms with E-state index in [0.717, 1.165) is 15.6 Å². The molecule has 2 atom stereocenters. The highest BCUT2D eigenvalue weighted by Gasteiger charge is 2.51. The lowest BCUT2D eigenvalue weighted by Crippen LogP contribution is -2.01. The van der Waals surface area contributed by atoms with Gasteiger partial charge in [0.25, 0.3) is 0 Å². The second-order valence-corrected chi connectivity index (χ2v) is 5.94. The highest BCUT2D eigenvalue weighted by molar-refractivity contribution is 9.09. The number of hydrogen-bond donors (Lipinski definition) is 0. The zero-order valence-electron chi connectivity index (χ0n) is 6.81. The number of rotatable bonds is 2. The van der Waals surface area contributed by atoms with Crippen molar-refractivity contribution in [2.45, 2.75) is 18.8 Å². The molecule has 0 spiro atoms. The minimum atomic E-state index is 0.418. The topological polar surface area (TPSA) is 0 Å². The normalized spacial score (nSPS) is 33.8. The van der Waals surface area contributed by atoms with Gasteiger partial charge in [0.05, 0.1) is 4.34 Å². The van der Waals surface area contributed by atoms with E-state index in [0.29, 0.717) is 5.41 Å². The number of thiophene rings is 1. The van der Waals surface area contributed by atoms with Crippen molar-refractivity contribution < 1.29 is 0 Å². The summed E-state index contributed by atoms with van der Waals surface area (Å²) >= 11 is 11.1. The molecule has 1 aromatic heterocycles. The quantitative estimate of drug-likeness (QED) is 0.707. The molecule has 3 heteroatoms. The molecule has 66 valence electrons. The minimum Gasteiger partial charge on any atom is -0.128 e. The molecule has 0 aromatic carbocycles. The van der Waals surface area contributed by atoms with Crippen LogP contribution in [0.4, 0.5) is 0 Å². The van der Waals surface area contributed by atoms with Gasteiger partial charge >= 0.3 is 0 Å². The first-order chi connectivity index (χ1) is 5.66. The molecule has 0 saturated heterocycles. The molecule has 1 aliphatic carbocycles. The van der Waals surface area contributed by atoms with Gasteiger partial charge in [0.15, 0.2) is 0 Å². The molecule has 12 heavy (non-hydrogen) atoms. The Morgan fingerprint density at radius 1 is 1.75 bits per heavy atom. The van der Waals surface area contributed by atoms with Gasteiger partial charge in [-0.25, -0.2) is 0 Å². The summed E-state index contributed by atoms with van der Waals surface area (Å²) in [5, 5.41) is 1.11. The van der Waals surface area contributed by atoms with Gasteiger partial charge < -0.3 is 0 Å². The zero-order valence-corrected chi connectivity index (χ0v) is 9.97. The van der Waals surface area contributed by atoms with E-state index in [1.165, 1.54) is 11.3 Å². The van der Waals surface area contributed by atoms with Gasteiger partial charge in [-0.15, -0.1) is 11.3 Å². The van der Waals surface area contributed by atoms with E-state index in [1.54, 1.807) is 11.3 Å². The van der Waals surface area contributed by atoms with Crippen LogP contribution >= 0.6 is 38.9 Å². The van der Waals surface area contributed by atoms with Crippen molar-refractivity contribution in [1.29, 1.82) is 0 Å². The molecule has 2 rings (SSSR count). The van der Waals surface area contributed by atoms with Crippen molar-refractivity contribution >= 4 is 38.9 Å². The van der Waals surface area contributed by atoms with Crippen LogP contribution in [0.2, 0.25) is 4.34 Å². The summed E-state index contributed by atoms with van der Waals surface area (Å²) in [6.45, 7) is 2.32. The predicted octanol–water partition coefficient (Wildman–Crippen LogP) is 4.07. The largest absolute Gasteiger partial charge is 0.128 e. The molecular formula is C9H10BrClS. The first kappa shape index (κ1) is 9.04. The second kappa shape index (κ2) is 3.00. The highest BCUT2D eigenvalue weighted by atomic mass is 79.9. The Bertz CT molecular complexity index is 296. The van der Waals surface area contributed by atoms with Gasteiger partial charge in [0.2, 0.25) is 0 Å². The molecule has 1 aliphatic rings.